The Kier molecular flexibility index (Phi) is 8.29. The highest BCUT2D eigenvalue weighted by molar-refractivity contribution is 8.03. The normalized spacial score (nSPS) is 12.1. The number of thioether (sulfide) groups is 1. The van der Waals surface area contributed by atoms with Crippen molar-refractivity contribution >= 4 is 40.9 Å². The summed E-state index contributed by atoms with van der Waals surface area (Å²) in [5.41, 5.74) is 1.64. The predicted octanol–water partition coefficient (Wildman–Crippen LogP) is 6.77. The summed E-state index contributed by atoms with van der Waals surface area (Å²) < 4.78 is 0. The zero-order chi connectivity index (χ0) is 20.8. The lowest BCUT2D eigenvalue weighted by molar-refractivity contribution is -0.125. The molecule has 2 aromatic rings. The Balaban J connectivity index is 2.55. The van der Waals surface area contributed by atoms with Crippen molar-refractivity contribution in [3.05, 3.63) is 68.7 Å². The van der Waals surface area contributed by atoms with Crippen molar-refractivity contribution in [3.8, 4) is 5.75 Å². The summed E-state index contributed by atoms with van der Waals surface area (Å²) in [4.78, 5) is 15.8. The van der Waals surface area contributed by atoms with Gasteiger partial charge in [0.25, 0.3) is 0 Å². The van der Waals surface area contributed by atoms with Crippen molar-refractivity contribution in [2.24, 2.45) is 5.92 Å². The highest BCUT2D eigenvalue weighted by Gasteiger charge is 2.19. The Labute approximate surface area is 181 Å². The van der Waals surface area contributed by atoms with Gasteiger partial charge >= 0.3 is 0 Å². The van der Waals surface area contributed by atoms with Crippen LogP contribution in [0.5, 0.6) is 5.75 Å². The number of rotatable bonds is 7. The Morgan fingerprint density at radius 3 is 2.29 bits per heavy atom. The molecule has 0 fully saturated rings. The molecule has 28 heavy (non-hydrogen) atoms. The zero-order valence-corrected chi connectivity index (χ0v) is 18.8. The maximum absolute atomic E-state index is 12.2. The van der Waals surface area contributed by atoms with E-state index < -0.39 is 0 Å². The molecule has 150 valence electrons. The van der Waals surface area contributed by atoms with Crippen LogP contribution in [0.2, 0.25) is 10.0 Å². The Hall–Kier alpha value is -1.62. The van der Waals surface area contributed by atoms with Crippen molar-refractivity contribution in [1.29, 1.82) is 0 Å². The highest BCUT2D eigenvalue weighted by atomic mass is 35.5. The smallest absolute Gasteiger partial charge is 0.223 e. The van der Waals surface area contributed by atoms with Crippen LogP contribution >= 0.6 is 35.0 Å². The summed E-state index contributed by atoms with van der Waals surface area (Å²) in [6.45, 7) is 5.81. The van der Waals surface area contributed by atoms with E-state index in [1.807, 2.05) is 24.3 Å². The van der Waals surface area contributed by atoms with Crippen LogP contribution in [0.1, 0.15) is 32.8 Å². The molecule has 0 saturated heterocycles. The molecule has 1 N–H and O–H groups in total. The molecule has 0 spiro atoms. The average molecular weight is 438 g/mol. The predicted molar refractivity (Wildman–Crippen MR) is 119 cm³/mol. The second-order valence-corrected chi connectivity index (χ2v) is 9.10. The molecule has 0 aliphatic heterocycles. The van der Waals surface area contributed by atoms with Gasteiger partial charge in [-0.1, -0.05) is 67.0 Å². The Bertz CT molecular complexity index is 860. The van der Waals surface area contributed by atoms with Crippen LogP contribution in [0.3, 0.4) is 0 Å². The van der Waals surface area contributed by atoms with Crippen molar-refractivity contribution in [3.63, 3.8) is 0 Å². The number of likely N-dealkylation sites (N-methyl/N-ethyl adjacent to an activating group) is 1. The maximum Gasteiger partial charge on any atom is 0.223 e. The fraction of sp³-hybridized carbons (Fsp3) is 0.318. The summed E-state index contributed by atoms with van der Waals surface area (Å²) >= 11 is 13.9. The lowest BCUT2D eigenvalue weighted by Crippen LogP contribution is -2.26. The topological polar surface area (TPSA) is 40.5 Å². The van der Waals surface area contributed by atoms with Gasteiger partial charge in [-0.25, -0.2) is 0 Å². The number of hydrogen-bond donors (Lipinski definition) is 1. The lowest BCUT2D eigenvalue weighted by atomic mass is 10.0. The standard InChI is InChI=1S/C22H25Cl2NO2S/c1-14(2)9-22(28-19-12-17(23)11-18(24)13-19)20(25(4)15(3)26)10-16-7-5-6-8-21(16)27/h5-8,11-14,27H,9-10H2,1-4H3/b22-20+. The quantitative estimate of drug-likeness (QED) is 0.485. The van der Waals surface area contributed by atoms with E-state index in [4.69, 9.17) is 23.2 Å². The van der Waals surface area contributed by atoms with Gasteiger partial charge in [-0.05, 0) is 42.2 Å². The van der Waals surface area contributed by atoms with Gasteiger partial charge in [0.1, 0.15) is 5.75 Å². The summed E-state index contributed by atoms with van der Waals surface area (Å²) in [6, 6.07) is 12.6. The third-order valence-corrected chi connectivity index (χ3v) is 5.78. The summed E-state index contributed by atoms with van der Waals surface area (Å²) in [5, 5.41) is 11.4. The molecule has 0 bridgehead atoms. The van der Waals surface area contributed by atoms with Gasteiger partial charge in [-0.2, -0.15) is 0 Å². The van der Waals surface area contributed by atoms with E-state index in [1.165, 1.54) is 0 Å². The molecule has 2 rings (SSSR count). The van der Waals surface area contributed by atoms with E-state index in [9.17, 15) is 9.90 Å². The second-order valence-electron chi connectivity index (χ2n) is 7.06. The number of allylic oxidation sites excluding steroid dienone is 2. The highest BCUT2D eigenvalue weighted by Crippen LogP contribution is 2.38. The first-order chi connectivity index (χ1) is 13.2. The fourth-order valence-electron chi connectivity index (χ4n) is 2.75. The average Bonchev–Trinajstić information content (AvgIpc) is 2.58. The molecule has 0 aliphatic carbocycles. The van der Waals surface area contributed by atoms with E-state index in [0.717, 1.165) is 27.5 Å². The first-order valence-corrected chi connectivity index (χ1v) is 10.6. The van der Waals surface area contributed by atoms with Crippen LogP contribution in [0.4, 0.5) is 0 Å². The van der Waals surface area contributed by atoms with Crippen LogP contribution in [0.25, 0.3) is 0 Å². The SMILES string of the molecule is CC(=O)N(C)/C(Cc1ccccc1O)=C(\CC(C)C)Sc1cc(Cl)cc(Cl)c1. The first-order valence-electron chi connectivity index (χ1n) is 9.04. The molecular formula is C22H25Cl2NO2S. The lowest BCUT2D eigenvalue weighted by Gasteiger charge is -2.25. The fourth-order valence-corrected chi connectivity index (χ4v) is 4.81. The van der Waals surface area contributed by atoms with E-state index >= 15 is 0 Å². The van der Waals surface area contributed by atoms with Gasteiger partial charge in [0, 0.05) is 45.9 Å². The van der Waals surface area contributed by atoms with E-state index in [1.54, 1.807) is 48.8 Å². The van der Waals surface area contributed by atoms with Gasteiger partial charge in [0.15, 0.2) is 0 Å². The van der Waals surface area contributed by atoms with Gasteiger partial charge in [0.05, 0.1) is 0 Å². The van der Waals surface area contributed by atoms with Gasteiger partial charge in [0.2, 0.25) is 5.91 Å². The van der Waals surface area contributed by atoms with Crippen molar-refractivity contribution in [2.45, 2.75) is 38.5 Å². The number of phenols is 1. The maximum atomic E-state index is 12.2. The van der Waals surface area contributed by atoms with Gasteiger partial charge in [-0.15, -0.1) is 0 Å². The van der Waals surface area contributed by atoms with Crippen LogP contribution in [0, 0.1) is 5.92 Å². The van der Waals surface area contributed by atoms with Crippen molar-refractivity contribution in [1.82, 2.24) is 4.90 Å². The van der Waals surface area contributed by atoms with E-state index in [-0.39, 0.29) is 11.7 Å². The molecule has 0 aliphatic rings. The number of carbonyl (C=O) groups excluding carboxylic acids is 1. The minimum Gasteiger partial charge on any atom is -0.508 e. The van der Waals surface area contributed by atoms with Gasteiger partial charge < -0.3 is 10.0 Å². The third kappa shape index (κ3) is 6.47. The van der Waals surface area contributed by atoms with Crippen LogP contribution in [-0.4, -0.2) is 23.0 Å². The number of halogens is 2. The molecule has 0 saturated carbocycles. The number of benzene rings is 2. The zero-order valence-electron chi connectivity index (χ0n) is 16.5. The summed E-state index contributed by atoms with van der Waals surface area (Å²) in [5.74, 6) is 0.546. The van der Waals surface area contributed by atoms with E-state index in [2.05, 4.69) is 13.8 Å². The second kappa shape index (κ2) is 10.2. The summed E-state index contributed by atoms with van der Waals surface area (Å²) in [6.07, 6.45) is 1.24. The molecule has 0 aromatic heterocycles. The number of hydrogen-bond acceptors (Lipinski definition) is 3. The molecule has 3 nitrogen and oxygen atoms in total. The Morgan fingerprint density at radius 1 is 1.14 bits per heavy atom. The van der Waals surface area contributed by atoms with Crippen molar-refractivity contribution in [2.75, 3.05) is 7.05 Å². The van der Waals surface area contributed by atoms with Crippen molar-refractivity contribution < 1.29 is 9.90 Å². The number of phenolic OH excluding ortho intramolecular Hbond substituents is 1. The minimum atomic E-state index is -0.0589. The van der Waals surface area contributed by atoms with Crippen LogP contribution in [0.15, 0.2) is 58.0 Å². The third-order valence-electron chi connectivity index (χ3n) is 4.22. The monoisotopic (exact) mass is 437 g/mol. The number of para-hydroxylation sites is 1. The molecule has 0 radical (unpaired) electrons. The van der Waals surface area contributed by atoms with Crippen LogP contribution < -0.4 is 0 Å². The Morgan fingerprint density at radius 2 is 1.75 bits per heavy atom. The molecule has 2 aromatic carbocycles. The molecule has 6 heteroatoms. The molecular weight excluding hydrogens is 413 g/mol. The van der Waals surface area contributed by atoms with Crippen LogP contribution in [-0.2, 0) is 11.2 Å². The number of aromatic hydroxyl groups is 1. The minimum absolute atomic E-state index is 0.0589. The van der Waals surface area contributed by atoms with E-state index in [0.29, 0.717) is 22.4 Å². The number of nitrogens with zero attached hydrogens (tertiary/aromatic N) is 1. The molecule has 0 heterocycles. The van der Waals surface area contributed by atoms with Gasteiger partial charge in [-0.3, -0.25) is 4.79 Å². The molecule has 0 unspecified atom stereocenters. The number of amides is 1. The summed E-state index contributed by atoms with van der Waals surface area (Å²) in [7, 11) is 1.77. The molecule has 1 amide bonds. The number of carbonyl (C=O) groups is 1. The first kappa shape index (κ1) is 22.7. The molecule has 0 atom stereocenters. The largest absolute Gasteiger partial charge is 0.508 e.